The monoisotopic (exact) mass is 254 g/mol. The van der Waals surface area contributed by atoms with Gasteiger partial charge in [-0.2, -0.15) is 0 Å². The Morgan fingerprint density at radius 3 is 2.39 bits per heavy atom. The van der Waals surface area contributed by atoms with Gasteiger partial charge in [0.2, 0.25) is 0 Å². The van der Waals surface area contributed by atoms with Crippen molar-refractivity contribution in [2.75, 3.05) is 13.1 Å². The average Bonchev–Trinajstić information content (AvgIpc) is 2.56. The van der Waals surface area contributed by atoms with E-state index in [1.165, 1.54) is 23.8 Å². The summed E-state index contributed by atoms with van der Waals surface area (Å²) in [6, 6.07) is -0.120. The number of carboxylic acids is 1. The molecule has 102 valence electrons. The summed E-state index contributed by atoms with van der Waals surface area (Å²) in [5.41, 5.74) is 0. The topological polar surface area (TPSA) is 69.6 Å². The molecule has 0 aromatic rings. The van der Waals surface area contributed by atoms with E-state index >= 15 is 0 Å². The van der Waals surface area contributed by atoms with Crippen LogP contribution < -0.4 is 5.32 Å². The van der Waals surface area contributed by atoms with E-state index in [0.29, 0.717) is 0 Å². The number of nitrogens with one attached hydrogen (secondary N) is 1. The Hall–Kier alpha value is -1.52. The van der Waals surface area contributed by atoms with E-state index < -0.39 is 5.97 Å². The maximum atomic E-state index is 12.0. The lowest BCUT2D eigenvalue weighted by atomic mass is 10.1. The Labute approximate surface area is 108 Å². The summed E-state index contributed by atoms with van der Waals surface area (Å²) >= 11 is 0. The average molecular weight is 254 g/mol. The molecule has 0 spiro atoms. The second-order valence-corrected chi connectivity index (χ2v) is 4.70. The predicted octanol–water partition coefficient (Wildman–Crippen LogP) is 1.99. The number of hydrogen-bond acceptors (Lipinski definition) is 2. The maximum Gasteiger partial charge on any atom is 0.323 e. The summed E-state index contributed by atoms with van der Waals surface area (Å²) in [7, 11) is 0. The van der Waals surface area contributed by atoms with Gasteiger partial charge >= 0.3 is 12.0 Å². The van der Waals surface area contributed by atoms with Crippen LogP contribution in [0.5, 0.6) is 0 Å². The molecule has 1 fully saturated rings. The van der Waals surface area contributed by atoms with Crippen LogP contribution in [0.4, 0.5) is 4.79 Å². The first-order chi connectivity index (χ1) is 8.63. The van der Waals surface area contributed by atoms with E-state index in [2.05, 4.69) is 11.9 Å². The number of urea groups is 1. The van der Waals surface area contributed by atoms with Crippen LogP contribution in [-0.4, -0.2) is 41.1 Å². The molecule has 0 unspecified atom stereocenters. The molecule has 1 rings (SSSR count). The number of nitrogens with zero attached hydrogens (tertiary/aromatic N) is 1. The van der Waals surface area contributed by atoms with E-state index in [-0.39, 0.29) is 25.2 Å². The van der Waals surface area contributed by atoms with Gasteiger partial charge in [0.15, 0.2) is 0 Å². The summed E-state index contributed by atoms with van der Waals surface area (Å²) in [5.74, 6) is -1.01. The summed E-state index contributed by atoms with van der Waals surface area (Å²) < 4.78 is 0. The first-order valence-corrected chi connectivity index (χ1v) is 6.51. The van der Waals surface area contributed by atoms with Gasteiger partial charge in [0, 0.05) is 12.6 Å². The third-order valence-electron chi connectivity index (χ3n) is 3.15. The zero-order valence-electron chi connectivity index (χ0n) is 10.7. The standard InChI is InChI=1S/C13H22N2O3/c1-2-9-15(10-12(16)17)13(18)14-11-7-5-3-4-6-8-11/h2,11H,1,3-10H2,(H,14,18)(H,16,17). The molecule has 5 nitrogen and oxygen atoms in total. The van der Waals surface area contributed by atoms with E-state index in [1.54, 1.807) is 0 Å². The van der Waals surface area contributed by atoms with Crippen LogP contribution in [0.2, 0.25) is 0 Å². The Bertz CT molecular complexity index is 297. The molecular formula is C13H22N2O3. The van der Waals surface area contributed by atoms with Crippen molar-refractivity contribution in [1.82, 2.24) is 10.2 Å². The molecule has 2 amide bonds. The van der Waals surface area contributed by atoms with Crippen LogP contribution in [-0.2, 0) is 4.79 Å². The first kappa shape index (κ1) is 14.5. The lowest BCUT2D eigenvalue weighted by molar-refractivity contribution is -0.137. The minimum absolute atomic E-state index is 0.182. The first-order valence-electron chi connectivity index (χ1n) is 6.51. The van der Waals surface area contributed by atoms with Gasteiger partial charge in [-0.25, -0.2) is 4.79 Å². The molecule has 1 aliphatic carbocycles. The van der Waals surface area contributed by atoms with Gasteiger partial charge in [-0.1, -0.05) is 31.8 Å². The van der Waals surface area contributed by atoms with Crippen molar-refractivity contribution in [3.63, 3.8) is 0 Å². The van der Waals surface area contributed by atoms with E-state index in [0.717, 1.165) is 25.7 Å². The Kier molecular flexibility index (Phi) is 6.25. The van der Waals surface area contributed by atoms with Gasteiger partial charge in [0.25, 0.3) is 0 Å². The summed E-state index contributed by atoms with van der Waals surface area (Å²) in [6.07, 6.45) is 8.21. The number of carboxylic acid groups (broad SMARTS) is 1. The third-order valence-corrected chi connectivity index (χ3v) is 3.15. The number of carbonyl (C=O) groups excluding carboxylic acids is 1. The van der Waals surface area contributed by atoms with Crippen molar-refractivity contribution in [2.24, 2.45) is 0 Å². The minimum atomic E-state index is -1.01. The van der Waals surface area contributed by atoms with Crippen LogP contribution in [0.25, 0.3) is 0 Å². The van der Waals surface area contributed by atoms with Crippen molar-refractivity contribution in [3.05, 3.63) is 12.7 Å². The second-order valence-electron chi connectivity index (χ2n) is 4.70. The normalized spacial score (nSPS) is 16.7. The fourth-order valence-electron chi connectivity index (χ4n) is 2.23. The van der Waals surface area contributed by atoms with Crippen molar-refractivity contribution in [2.45, 2.75) is 44.6 Å². The van der Waals surface area contributed by atoms with E-state index in [4.69, 9.17) is 5.11 Å². The van der Waals surface area contributed by atoms with Crippen LogP contribution in [0.15, 0.2) is 12.7 Å². The molecule has 0 aliphatic heterocycles. The smallest absolute Gasteiger partial charge is 0.323 e. The van der Waals surface area contributed by atoms with Crippen LogP contribution in [0.3, 0.4) is 0 Å². The molecule has 1 saturated carbocycles. The molecule has 18 heavy (non-hydrogen) atoms. The highest BCUT2D eigenvalue weighted by Gasteiger charge is 2.19. The molecular weight excluding hydrogens is 232 g/mol. The van der Waals surface area contributed by atoms with Crippen LogP contribution >= 0.6 is 0 Å². The molecule has 0 atom stereocenters. The summed E-state index contributed by atoms with van der Waals surface area (Å²) in [4.78, 5) is 23.9. The van der Waals surface area contributed by atoms with Crippen LogP contribution in [0.1, 0.15) is 38.5 Å². The zero-order valence-corrected chi connectivity index (χ0v) is 10.7. The summed E-state index contributed by atoms with van der Waals surface area (Å²) in [5, 5.41) is 11.7. The number of aliphatic carboxylic acids is 1. The molecule has 0 aromatic heterocycles. The van der Waals surface area contributed by atoms with Crippen molar-refractivity contribution in [1.29, 1.82) is 0 Å². The van der Waals surface area contributed by atoms with Crippen molar-refractivity contribution >= 4 is 12.0 Å². The highest BCUT2D eigenvalue weighted by Crippen LogP contribution is 2.17. The summed E-state index contributed by atoms with van der Waals surface area (Å²) in [6.45, 7) is 3.51. The number of carbonyl (C=O) groups is 2. The fraction of sp³-hybridized carbons (Fsp3) is 0.692. The van der Waals surface area contributed by atoms with E-state index in [1.807, 2.05) is 0 Å². The molecule has 0 bridgehead atoms. The van der Waals surface area contributed by atoms with Gasteiger partial charge in [0.05, 0.1) is 0 Å². The number of hydrogen-bond donors (Lipinski definition) is 2. The Morgan fingerprint density at radius 2 is 1.89 bits per heavy atom. The quantitative estimate of drug-likeness (QED) is 0.582. The fourth-order valence-corrected chi connectivity index (χ4v) is 2.23. The minimum Gasteiger partial charge on any atom is -0.480 e. The lowest BCUT2D eigenvalue weighted by Crippen LogP contribution is -2.46. The van der Waals surface area contributed by atoms with Gasteiger partial charge in [-0.05, 0) is 12.8 Å². The van der Waals surface area contributed by atoms with E-state index in [9.17, 15) is 9.59 Å². The molecule has 1 aliphatic rings. The third kappa shape index (κ3) is 5.21. The highest BCUT2D eigenvalue weighted by atomic mass is 16.4. The molecule has 0 heterocycles. The molecule has 0 aromatic carbocycles. The number of rotatable bonds is 5. The van der Waals surface area contributed by atoms with Gasteiger partial charge in [-0.15, -0.1) is 6.58 Å². The highest BCUT2D eigenvalue weighted by molar-refractivity contribution is 5.80. The Balaban J connectivity index is 2.48. The molecule has 0 saturated heterocycles. The lowest BCUT2D eigenvalue weighted by Gasteiger charge is -2.23. The van der Waals surface area contributed by atoms with Crippen molar-refractivity contribution < 1.29 is 14.7 Å². The molecule has 0 radical (unpaired) electrons. The zero-order chi connectivity index (χ0) is 13.4. The molecule has 2 N–H and O–H groups in total. The SMILES string of the molecule is C=CCN(CC(=O)O)C(=O)NC1CCCCCC1. The predicted molar refractivity (Wildman–Crippen MR) is 69.4 cm³/mol. The molecule has 5 heteroatoms. The van der Waals surface area contributed by atoms with Gasteiger partial charge in [0.1, 0.15) is 6.54 Å². The van der Waals surface area contributed by atoms with Gasteiger partial charge < -0.3 is 15.3 Å². The number of amides is 2. The second kappa shape index (κ2) is 7.74. The maximum absolute atomic E-state index is 12.0. The van der Waals surface area contributed by atoms with Gasteiger partial charge in [-0.3, -0.25) is 4.79 Å². The largest absolute Gasteiger partial charge is 0.480 e. The van der Waals surface area contributed by atoms with Crippen LogP contribution in [0, 0.1) is 0 Å². The Morgan fingerprint density at radius 1 is 1.28 bits per heavy atom. The van der Waals surface area contributed by atoms with Crippen molar-refractivity contribution in [3.8, 4) is 0 Å².